The van der Waals surface area contributed by atoms with Crippen molar-refractivity contribution < 1.29 is 4.74 Å². The molecule has 4 heteroatoms. The summed E-state index contributed by atoms with van der Waals surface area (Å²) in [5.41, 5.74) is 1.20. The molecular formula is C12H23N3O. The Morgan fingerprint density at radius 2 is 2.19 bits per heavy atom. The molecule has 92 valence electrons. The number of nitrogens with zero attached hydrogens (tertiary/aromatic N) is 2. The van der Waals surface area contributed by atoms with Crippen molar-refractivity contribution in [3.63, 3.8) is 0 Å². The Bertz CT molecular complexity index is 318. The molecule has 0 atom stereocenters. The van der Waals surface area contributed by atoms with E-state index in [1.165, 1.54) is 5.56 Å². The highest BCUT2D eigenvalue weighted by Gasteiger charge is 2.16. The van der Waals surface area contributed by atoms with Crippen molar-refractivity contribution in [2.45, 2.75) is 45.8 Å². The summed E-state index contributed by atoms with van der Waals surface area (Å²) in [6, 6.07) is 0.417. The summed E-state index contributed by atoms with van der Waals surface area (Å²) in [5, 5.41) is 7.76. The lowest BCUT2D eigenvalue weighted by atomic mass is 10.1. The number of hydrogen-bond acceptors (Lipinski definition) is 3. The van der Waals surface area contributed by atoms with Gasteiger partial charge in [-0.3, -0.25) is 4.68 Å². The predicted molar refractivity (Wildman–Crippen MR) is 65.4 cm³/mol. The minimum absolute atomic E-state index is 0.00528. The van der Waals surface area contributed by atoms with Gasteiger partial charge in [0, 0.05) is 37.0 Å². The molecule has 0 aliphatic rings. The van der Waals surface area contributed by atoms with Gasteiger partial charge in [-0.1, -0.05) is 0 Å². The van der Waals surface area contributed by atoms with Gasteiger partial charge in [0.25, 0.3) is 0 Å². The molecule has 1 N–H and O–H groups in total. The van der Waals surface area contributed by atoms with Crippen molar-refractivity contribution in [1.29, 1.82) is 0 Å². The zero-order valence-electron chi connectivity index (χ0n) is 10.9. The number of hydrogen-bond donors (Lipinski definition) is 1. The van der Waals surface area contributed by atoms with Crippen LogP contribution in [0.4, 0.5) is 0 Å². The second-order valence-electron chi connectivity index (χ2n) is 5.09. The second-order valence-corrected chi connectivity index (χ2v) is 5.09. The molecule has 1 rings (SSSR count). The van der Waals surface area contributed by atoms with E-state index >= 15 is 0 Å². The Morgan fingerprint density at radius 3 is 2.69 bits per heavy atom. The van der Waals surface area contributed by atoms with Crippen LogP contribution in [0.2, 0.25) is 0 Å². The smallest absolute Gasteiger partial charge is 0.0639 e. The van der Waals surface area contributed by atoms with Crippen molar-refractivity contribution in [2.24, 2.45) is 0 Å². The maximum absolute atomic E-state index is 5.16. The van der Waals surface area contributed by atoms with Gasteiger partial charge in [-0.2, -0.15) is 5.10 Å². The van der Waals surface area contributed by atoms with Crippen LogP contribution in [0.25, 0.3) is 0 Å². The number of methoxy groups -OCH3 is 1. The summed E-state index contributed by atoms with van der Waals surface area (Å²) < 4.78 is 7.13. The lowest BCUT2D eigenvalue weighted by molar-refractivity contribution is 0.127. The molecule has 1 aromatic rings. The van der Waals surface area contributed by atoms with E-state index in [9.17, 15) is 0 Å². The van der Waals surface area contributed by atoms with Crippen LogP contribution in [0.15, 0.2) is 12.4 Å². The molecule has 0 bridgehead atoms. The standard InChI is InChI=1S/C12H23N3O/c1-10(2)15-8-11(7-14-15)6-13-12(3,4)9-16-5/h7-8,10,13H,6,9H2,1-5H3. The molecule has 0 saturated heterocycles. The minimum Gasteiger partial charge on any atom is -0.383 e. The van der Waals surface area contributed by atoms with Crippen LogP contribution in [0.1, 0.15) is 39.3 Å². The van der Waals surface area contributed by atoms with Crippen LogP contribution in [0.3, 0.4) is 0 Å². The zero-order chi connectivity index (χ0) is 12.2. The maximum Gasteiger partial charge on any atom is 0.0639 e. The summed E-state index contributed by atoms with van der Waals surface area (Å²) in [6.45, 7) is 10.0. The van der Waals surface area contributed by atoms with Crippen LogP contribution in [-0.4, -0.2) is 29.0 Å². The van der Waals surface area contributed by atoms with E-state index in [1.807, 2.05) is 10.9 Å². The highest BCUT2D eigenvalue weighted by Crippen LogP contribution is 2.08. The normalized spacial score (nSPS) is 12.4. The maximum atomic E-state index is 5.16. The van der Waals surface area contributed by atoms with Gasteiger partial charge in [0.1, 0.15) is 0 Å². The van der Waals surface area contributed by atoms with Crippen molar-refractivity contribution in [1.82, 2.24) is 15.1 Å². The number of ether oxygens (including phenoxy) is 1. The molecule has 1 heterocycles. The fourth-order valence-corrected chi connectivity index (χ4v) is 1.50. The second kappa shape index (κ2) is 5.46. The summed E-state index contributed by atoms with van der Waals surface area (Å²) >= 11 is 0. The summed E-state index contributed by atoms with van der Waals surface area (Å²) in [4.78, 5) is 0. The van der Waals surface area contributed by atoms with Crippen LogP contribution in [0, 0.1) is 0 Å². The van der Waals surface area contributed by atoms with Crippen LogP contribution in [0.5, 0.6) is 0 Å². The Morgan fingerprint density at radius 1 is 1.50 bits per heavy atom. The Hall–Kier alpha value is -0.870. The lowest BCUT2D eigenvalue weighted by Crippen LogP contribution is -2.42. The van der Waals surface area contributed by atoms with Crippen molar-refractivity contribution >= 4 is 0 Å². The fourth-order valence-electron chi connectivity index (χ4n) is 1.50. The first kappa shape index (κ1) is 13.2. The molecule has 0 amide bonds. The van der Waals surface area contributed by atoms with Gasteiger partial charge in [0.15, 0.2) is 0 Å². The minimum atomic E-state index is -0.00528. The number of rotatable bonds is 6. The van der Waals surface area contributed by atoms with E-state index in [0.29, 0.717) is 12.6 Å². The monoisotopic (exact) mass is 225 g/mol. The van der Waals surface area contributed by atoms with Gasteiger partial charge < -0.3 is 10.1 Å². The molecule has 0 aromatic carbocycles. The average molecular weight is 225 g/mol. The number of nitrogens with one attached hydrogen (secondary N) is 1. The molecule has 0 fully saturated rings. The van der Waals surface area contributed by atoms with E-state index in [-0.39, 0.29) is 5.54 Å². The topological polar surface area (TPSA) is 39.1 Å². The molecule has 0 aliphatic heterocycles. The third kappa shape index (κ3) is 3.94. The van der Waals surface area contributed by atoms with Gasteiger partial charge in [0.05, 0.1) is 12.8 Å². The van der Waals surface area contributed by atoms with Crippen LogP contribution in [-0.2, 0) is 11.3 Å². The first-order valence-corrected chi connectivity index (χ1v) is 5.71. The van der Waals surface area contributed by atoms with E-state index < -0.39 is 0 Å². The van der Waals surface area contributed by atoms with E-state index in [4.69, 9.17) is 4.74 Å². The zero-order valence-corrected chi connectivity index (χ0v) is 10.9. The third-order valence-corrected chi connectivity index (χ3v) is 2.46. The summed E-state index contributed by atoms with van der Waals surface area (Å²) in [5.74, 6) is 0. The summed E-state index contributed by atoms with van der Waals surface area (Å²) in [7, 11) is 1.72. The molecule has 0 spiro atoms. The summed E-state index contributed by atoms with van der Waals surface area (Å²) in [6.07, 6.45) is 4.00. The van der Waals surface area contributed by atoms with Crippen LogP contribution >= 0.6 is 0 Å². The van der Waals surface area contributed by atoms with Gasteiger partial charge in [-0.15, -0.1) is 0 Å². The van der Waals surface area contributed by atoms with Crippen molar-refractivity contribution in [3.05, 3.63) is 18.0 Å². The van der Waals surface area contributed by atoms with Gasteiger partial charge in [-0.05, 0) is 27.7 Å². The van der Waals surface area contributed by atoms with Gasteiger partial charge in [0.2, 0.25) is 0 Å². The highest BCUT2D eigenvalue weighted by molar-refractivity contribution is 5.04. The van der Waals surface area contributed by atoms with E-state index in [2.05, 4.69) is 44.3 Å². The molecule has 0 saturated carbocycles. The van der Waals surface area contributed by atoms with Crippen molar-refractivity contribution in [2.75, 3.05) is 13.7 Å². The molecule has 0 unspecified atom stereocenters. The third-order valence-electron chi connectivity index (χ3n) is 2.46. The molecule has 16 heavy (non-hydrogen) atoms. The van der Waals surface area contributed by atoms with Gasteiger partial charge >= 0.3 is 0 Å². The average Bonchev–Trinajstić information content (AvgIpc) is 2.63. The molecule has 1 aromatic heterocycles. The van der Waals surface area contributed by atoms with E-state index in [1.54, 1.807) is 7.11 Å². The van der Waals surface area contributed by atoms with Crippen molar-refractivity contribution in [3.8, 4) is 0 Å². The van der Waals surface area contributed by atoms with Gasteiger partial charge in [-0.25, -0.2) is 0 Å². The largest absolute Gasteiger partial charge is 0.383 e. The Labute approximate surface area is 98.0 Å². The lowest BCUT2D eigenvalue weighted by Gasteiger charge is -2.24. The quantitative estimate of drug-likeness (QED) is 0.804. The Kier molecular flexibility index (Phi) is 4.50. The van der Waals surface area contributed by atoms with E-state index in [0.717, 1.165) is 6.54 Å². The predicted octanol–water partition coefficient (Wildman–Crippen LogP) is 1.98. The number of aromatic nitrogens is 2. The first-order chi connectivity index (χ1) is 7.44. The molecular weight excluding hydrogens is 202 g/mol. The molecule has 4 nitrogen and oxygen atoms in total. The van der Waals surface area contributed by atoms with Crippen LogP contribution < -0.4 is 5.32 Å². The first-order valence-electron chi connectivity index (χ1n) is 5.71. The fraction of sp³-hybridized carbons (Fsp3) is 0.750. The molecule has 0 aliphatic carbocycles. The highest BCUT2D eigenvalue weighted by atomic mass is 16.5. The Balaban J connectivity index is 2.48. The molecule has 0 radical (unpaired) electrons. The SMILES string of the molecule is COCC(C)(C)NCc1cnn(C(C)C)c1.